The Balaban J connectivity index is 2.57. The van der Waals surface area contributed by atoms with E-state index in [9.17, 15) is 14.7 Å². The fraction of sp³-hybridized carbons (Fsp3) is 0.867. The number of aliphatic hydroxyl groups excluding tert-OH is 1. The summed E-state index contributed by atoms with van der Waals surface area (Å²) in [4.78, 5) is 25.0. The number of carbonyl (C=O) groups is 2. The molecule has 2 atom stereocenters. The summed E-state index contributed by atoms with van der Waals surface area (Å²) in [6, 6.07) is 0. The highest BCUT2D eigenvalue weighted by atomic mass is 16.5. The zero-order chi connectivity index (χ0) is 15.0. The smallest absolute Gasteiger partial charge is 0.323 e. The third kappa shape index (κ3) is 1.72. The molecule has 0 amide bonds. The first-order valence-corrected chi connectivity index (χ1v) is 7.28. The van der Waals surface area contributed by atoms with Crippen LogP contribution < -0.4 is 0 Å². The highest BCUT2D eigenvalue weighted by Gasteiger charge is 2.71. The summed E-state index contributed by atoms with van der Waals surface area (Å²) in [5, 5.41) is 9.62. The van der Waals surface area contributed by atoms with Crippen molar-refractivity contribution in [3.8, 4) is 0 Å². The van der Waals surface area contributed by atoms with Crippen LogP contribution in [0.15, 0.2) is 0 Å². The van der Waals surface area contributed by atoms with E-state index in [1.807, 2.05) is 6.92 Å². The Morgan fingerprint density at radius 3 is 2.05 bits per heavy atom. The quantitative estimate of drug-likeness (QED) is 0.628. The number of hydrogen-bond acceptors (Lipinski definition) is 5. The summed E-state index contributed by atoms with van der Waals surface area (Å²) < 4.78 is 9.93. The highest BCUT2D eigenvalue weighted by molar-refractivity contribution is 6.01. The molecule has 0 unspecified atom stereocenters. The second kappa shape index (κ2) is 5.35. The van der Waals surface area contributed by atoms with Gasteiger partial charge in [0, 0.05) is 12.0 Å². The van der Waals surface area contributed by atoms with Crippen LogP contribution in [0.5, 0.6) is 0 Å². The van der Waals surface area contributed by atoms with Crippen molar-refractivity contribution in [2.75, 3.05) is 20.8 Å². The maximum Gasteiger partial charge on any atom is 0.323 e. The van der Waals surface area contributed by atoms with Crippen molar-refractivity contribution in [1.82, 2.24) is 0 Å². The molecule has 20 heavy (non-hydrogen) atoms. The van der Waals surface area contributed by atoms with E-state index in [1.165, 1.54) is 14.2 Å². The Morgan fingerprint density at radius 2 is 1.65 bits per heavy atom. The first kappa shape index (κ1) is 15.3. The Hall–Kier alpha value is -1.10. The second-order valence-electron chi connectivity index (χ2n) is 6.19. The number of aliphatic hydroxyl groups is 1. The lowest BCUT2D eigenvalue weighted by atomic mass is 9.61. The van der Waals surface area contributed by atoms with E-state index < -0.39 is 22.8 Å². The normalized spacial score (nSPS) is 30.4. The first-order chi connectivity index (χ1) is 9.50. The molecule has 2 rings (SSSR count). The Labute approximate surface area is 119 Å². The molecule has 0 bridgehead atoms. The van der Waals surface area contributed by atoms with E-state index in [0.29, 0.717) is 6.42 Å². The third-order valence-corrected chi connectivity index (χ3v) is 5.80. The van der Waals surface area contributed by atoms with E-state index in [4.69, 9.17) is 9.47 Å². The summed E-state index contributed by atoms with van der Waals surface area (Å²) in [6.07, 6.45) is 3.95. The van der Waals surface area contributed by atoms with Gasteiger partial charge < -0.3 is 14.6 Å². The van der Waals surface area contributed by atoms with E-state index >= 15 is 0 Å². The van der Waals surface area contributed by atoms with Gasteiger partial charge in [0.2, 0.25) is 0 Å². The first-order valence-electron chi connectivity index (χ1n) is 7.28. The van der Waals surface area contributed by atoms with Gasteiger partial charge in [0.05, 0.1) is 14.2 Å². The summed E-state index contributed by atoms with van der Waals surface area (Å²) >= 11 is 0. The summed E-state index contributed by atoms with van der Waals surface area (Å²) in [6.45, 7) is 2.03. The minimum atomic E-state index is -1.25. The third-order valence-electron chi connectivity index (χ3n) is 5.80. The van der Waals surface area contributed by atoms with Crippen molar-refractivity contribution in [3.05, 3.63) is 0 Å². The van der Waals surface area contributed by atoms with Gasteiger partial charge >= 0.3 is 11.9 Å². The van der Waals surface area contributed by atoms with Crippen LogP contribution in [-0.4, -0.2) is 37.9 Å². The molecule has 0 radical (unpaired) electrons. The van der Waals surface area contributed by atoms with Gasteiger partial charge in [0.1, 0.15) is 0 Å². The Kier molecular flexibility index (Phi) is 4.09. The number of esters is 2. The van der Waals surface area contributed by atoms with Crippen LogP contribution in [0, 0.1) is 22.7 Å². The predicted molar refractivity (Wildman–Crippen MR) is 71.7 cm³/mol. The molecule has 0 aromatic carbocycles. The lowest BCUT2D eigenvalue weighted by Crippen LogP contribution is -2.51. The molecule has 2 saturated carbocycles. The van der Waals surface area contributed by atoms with E-state index in [1.54, 1.807) is 0 Å². The SMILES string of the molecule is COC(=O)C1(C(=O)OC)C[C@H](CO)[C@@H](C)C12CCCC2. The monoisotopic (exact) mass is 284 g/mol. The van der Waals surface area contributed by atoms with Crippen LogP contribution in [0.1, 0.15) is 39.0 Å². The molecule has 5 heteroatoms. The molecule has 0 aliphatic heterocycles. The van der Waals surface area contributed by atoms with Gasteiger partial charge in [-0.05, 0) is 31.1 Å². The largest absolute Gasteiger partial charge is 0.468 e. The molecule has 2 fully saturated rings. The zero-order valence-corrected chi connectivity index (χ0v) is 12.5. The molecule has 114 valence electrons. The lowest BCUT2D eigenvalue weighted by molar-refractivity contribution is -0.179. The molecule has 2 aliphatic rings. The summed E-state index contributed by atoms with van der Waals surface area (Å²) in [7, 11) is 2.62. The van der Waals surface area contributed by atoms with Crippen LogP contribution in [0.25, 0.3) is 0 Å². The van der Waals surface area contributed by atoms with E-state index in [0.717, 1.165) is 25.7 Å². The second-order valence-corrected chi connectivity index (χ2v) is 6.19. The number of rotatable bonds is 3. The maximum atomic E-state index is 12.5. The molecule has 1 N–H and O–H groups in total. The van der Waals surface area contributed by atoms with Crippen molar-refractivity contribution < 1.29 is 24.2 Å². The number of methoxy groups -OCH3 is 2. The van der Waals surface area contributed by atoms with E-state index in [-0.39, 0.29) is 18.4 Å². The molecular formula is C15H24O5. The van der Waals surface area contributed by atoms with Gasteiger partial charge in [0.25, 0.3) is 0 Å². The fourth-order valence-corrected chi connectivity index (χ4v) is 4.73. The predicted octanol–water partition coefficient (Wildman–Crippen LogP) is 1.53. The summed E-state index contributed by atoms with van der Waals surface area (Å²) in [5.41, 5.74) is -1.68. The summed E-state index contributed by atoms with van der Waals surface area (Å²) in [5.74, 6) is -0.970. The minimum Gasteiger partial charge on any atom is -0.468 e. The Morgan fingerprint density at radius 1 is 1.15 bits per heavy atom. The van der Waals surface area contributed by atoms with Crippen LogP contribution in [0.4, 0.5) is 0 Å². The van der Waals surface area contributed by atoms with Gasteiger partial charge in [-0.15, -0.1) is 0 Å². The standard InChI is InChI=1S/C15H24O5/c1-10-11(9-16)8-15(12(17)19-2,13(18)20-3)14(10)6-4-5-7-14/h10-11,16H,4-9H2,1-3H3/t10-,11-/m1/s1. The molecule has 1 spiro atoms. The number of carbonyl (C=O) groups excluding carboxylic acids is 2. The number of ether oxygens (including phenoxy) is 2. The molecule has 2 aliphatic carbocycles. The molecule has 0 aromatic heterocycles. The van der Waals surface area contributed by atoms with Gasteiger partial charge in [-0.2, -0.15) is 0 Å². The number of hydrogen-bond donors (Lipinski definition) is 1. The highest BCUT2D eigenvalue weighted by Crippen LogP contribution is 2.66. The topological polar surface area (TPSA) is 72.8 Å². The molecule has 0 saturated heterocycles. The Bertz CT molecular complexity index is 381. The molecule has 5 nitrogen and oxygen atoms in total. The molecule has 0 aromatic rings. The van der Waals surface area contributed by atoms with Crippen molar-refractivity contribution in [1.29, 1.82) is 0 Å². The van der Waals surface area contributed by atoms with Crippen molar-refractivity contribution >= 4 is 11.9 Å². The maximum absolute atomic E-state index is 12.5. The average Bonchev–Trinajstić information content (AvgIpc) is 3.05. The van der Waals surface area contributed by atoms with E-state index in [2.05, 4.69) is 0 Å². The van der Waals surface area contributed by atoms with Crippen LogP contribution in [0.3, 0.4) is 0 Å². The van der Waals surface area contributed by atoms with Gasteiger partial charge in [0.15, 0.2) is 5.41 Å². The molecule has 0 heterocycles. The average molecular weight is 284 g/mol. The van der Waals surface area contributed by atoms with Gasteiger partial charge in [-0.3, -0.25) is 9.59 Å². The van der Waals surface area contributed by atoms with Crippen LogP contribution in [-0.2, 0) is 19.1 Å². The van der Waals surface area contributed by atoms with Crippen LogP contribution >= 0.6 is 0 Å². The zero-order valence-electron chi connectivity index (χ0n) is 12.5. The molecular weight excluding hydrogens is 260 g/mol. The van der Waals surface area contributed by atoms with Gasteiger partial charge in [-0.1, -0.05) is 19.8 Å². The van der Waals surface area contributed by atoms with Crippen molar-refractivity contribution in [2.24, 2.45) is 22.7 Å². The van der Waals surface area contributed by atoms with Crippen LogP contribution in [0.2, 0.25) is 0 Å². The van der Waals surface area contributed by atoms with Crippen molar-refractivity contribution in [3.63, 3.8) is 0 Å². The fourth-order valence-electron chi connectivity index (χ4n) is 4.73. The van der Waals surface area contributed by atoms with Gasteiger partial charge in [-0.25, -0.2) is 0 Å². The minimum absolute atomic E-state index is 0.0152. The van der Waals surface area contributed by atoms with Crippen molar-refractivity contribution in [2.45, 2.75) is 39.0 Å². The lowest BCUT2D eigenvalue weighted by Gasteiger charge is -2.41.